The van der Waals surface area contributed by atoms with E-state index in [-0.39, 0.29) is 6.61 Å². The second kappa shape index (κ2) is 5.20. The van der Waals surface area contributed by atoms with E-state index in [1.807, 2.05) is 0 Å². The van der Waals surface area contributed by atoms with E-state index in [4.69, 9.17) is 26.6 Å². The number of aliphatic hydroxyl groups excluding tert-OH is 1. The summed E-state index contributed by atoms with van der Waals surface area (Å²) in [6, 6.07) is 8.49. The Labute approximate surface area is 108 Å². The van der Waals surface area contributed by atoms with Crippen LogP contribution in [0.3, 0.4) is 0 Å². The summed E-state index contributed by atoms with van der Waals surface area (Å²) in [6.45, 7) is -0.304. The average molecular weight is 268 g/mol. The molecule has 2 aromatic rings. The van der Waals surface area contributed by atoms with E-state index in [1.165, 1.54) is 0 Å². The lowest BCUT2D eigenvalue weighted by Gasteiger charge is -2.09. The van der Waals surface area contributed by atoms with Crippen molar-refractivity contribution in [2.75, 3.05) is 6.61 Å². The zero-order valence-corrected chi connectivity index (χ0v) is 9.96. The summed E-state index contributed by atoms with van der Waals surface area (Å²) < 4.78 is 5.18. The van der Waals surface area contributed by atoms with Gasteiger partial charge in [-0.25, -0.2) is 9.78 Å². The Bertz CT molecular complexity index is 587. The molecule has 1 aromatic carbocycles. The molecule has 1 aromatic heterocycles. The predicted octanol–water partition coefficient (Wildman–Crippen LogP) is 1.71. The second-order valence-corrected chi connectivity index (χ2v) is 4.04. The van der Waals surface area contributed by atoms with Gasteiger partial charge in [0.2, 0.25) is 0 Å². The van der Waals surface area contributed by atoms with E-state index in [2.05, 4.69) is 4.98 Å². The molecule has 0 spiro atoms. The molecular weight excluding hydrogens is 258 g/mol. The molecule has 18 heavy (non-hydrogen) atoms. The third-order valence-electron chi connectivity index (χ3n) is 2.32. The van der Waals surface area contributed by atoms with Crippen LogP contribution in [0.1, 0.15) is 0 Å². The topological polar surface area (TPSA) is 79.7 Å². The molecule has 2 N–H and O–H groups in total. The fourth-order valence-corrected chi connectivity index (χ4v) is 1.57. The molecule has 0 aliphatic heterocycles. The number of carbonyl (C=O) groups is 1. The molecule has 0 fully saturated rings. The van der Waals surface area contributed by atoms with Crippen LogP contribution in [0.4, 0.5) is 0 Å². The summed E-state index contributed by atoms with van der Waals surface area (Å²) in [6.07, 6.45) is -1.54. The van der Waals surface area contributed by atoms with Crippen LogP contribution in [-0.2, 0) is 4.79 Å². The van der Waals surface area contributed by atoms with E-state index in [1.54, 1.807) is 30.3 Å². The number of carboxylic acid groups (broad SMARTS) is 1. The zero-order valence-electron chi connectivity index (χ0n) is 9.21. The number of hydrogen-bond acceptors (Lipinski definition) is 4. The number of carboxylic acids is 1. The molecule has 1 atom stereocenters. The summed E-state index contributed by atoms with van der Waals surface area (Å²) >= 11 is 5.76. The van der Waals surface area contributed by atoms with E-state index in [0.29, 0.717) is 16.4 Å². The van der Waals surface area contributed by atoms with E-state index >= 15 is 0 Å². The minimum absolute atomic E-state index is 0.304. The van der Waals surface area contributed by atoms with Crippen LogP contribution in [0.5, 0.6) is 5.75 Å². The fourth-order valence-electron chi connectivity index (χ4n) is 1.42. The Morgan fingerprint density at radius 1 is 1.39 bits per heavy atom. The van der Waals surface area contributed by atoms with Crippen LogP contribution >= 0.6 is 11.6 Å². The molecule has 0 amide bonds. The van der Waals surface area contributed by atoms with Crippen LogP contribution in [0.15, 0.2) is 30.3 Å². The van der Waals surface area contributed by atoms with Crippen molar-refractivity contribution in [2.45, 2.75) is 6.10 Å². The summed E-state index contributed by atoms with van der Waals surface area (Å²) in [5, 5.41) is 18.8. The van der Waals surface area contributed by atoms with Gasteiger partial charge in [-0.05, 0) is 30.3 Å². The van der Waals surface area contributed by atoms with Crippen molar-refractivity contribution in [2.24, 2.45) is 0 Å². The second-order valence-electron chi connectivity index (χ2n) is 3.65. The summed E-state index contributed by atoms with van der Waals surface area (Å²) in [5.74, 6) is -0.851. The Kier molecular flexibility index (Phi) is 3.64. The molecular formula is C12H10ClNO4. The van der Waals surface area contributed by atoms with Gasteiger partial charge in [-0.2, -0.15) is 0 Å². The third kappa shape index (κ3) is 2.88. The van der Waals surface area contributed by atoms with E-state index in [0.717, 1.165) is 5.39 Å². The van der Waals surface area contributed by atoms with E-state index < -0.39 is 12.1 Å². The van der Waals surface area contributed by atoms with Gasteiger partial charge in [0.1, 0.15) is 17.5 Å². The zero-order chi connectivity index (χ0) is 13.1. The van der Waals surface area contributed by atoms with Gasteiger partial charge in [0.05, 0.1) is 5.52 Å². The lowest BCUT2D eigenvalue weighted by Crippen LogP contribution is -2.26. The van der Waals surface area contributed by atoms with Crippen molar-refractivity contribution in [3.05, 3.63) is 35.5 Å². The number of ether oxygens (including phenoxy) is 1. The van der Waals surface area contributed by atoms with Crippen molar-refractivity contribution in [3.8, 4) is 5.75 Å². The SMILES string of the molecule is O=C(O)[C@H](O)COc1ccc2nc(Cl)ccc2c1. The molecule has 94 valence electrons. The first-order valence-electron chi connectivity index (χ1n) is 5.16. The van der Waals surface area contributed by atoms with Crippen molar-refractivity contribution in [1.29, 1.82) is 0 Å². The highest BCUT2D eigenvalue weighted by atomic mass is 35.5. The van der Waals surface area contributed by atoms with Crippen LogP contribution in [-0.4, -0.2) is 33.9 Å². The van der Waals surface area contributed by atoms with E-state index in [9.17, 15) is 4.79 Å². The number of pyridine rings is 1. The van der Waals surface area contributed by atoms with Gasteiger partial charge >= 0.3 is 5.97 Å². The smallest absolute Gasteiger partial charge is 0.336 e. The van der Waals surface area contributed by atoms with Gasteiger partial charge in [0.15, 0.2) is 6.10 Å². The van der Waals surface area contributed by atoms with Crippen molar-refractivity contribution >= 4 is 28.5 Å². The Balaban J connectivity index is 2.15. The molecule has 5 nitrogen and oxygen atoms in total. The largest absolute Gasteiger partial charge is 0.490 e. The number of rotatable bonds is 4. The molecule has 1 heterocycles. The number of nitrogens with zero attached hydrogens (tertiary/aromatic N) is 1. The number of aromatic nitrogens is 1. The minimum Gasteiger partial charge on any atom is -0.490 e. The number of benzene rings is 1. The van der Waals surface area contributed by atoms with Crippen molar-refractivity contribution in [1.82, 2.24) is 4.98 Å². The van der Waals surface area contributed by atoms with Gasteiger partial charge < -0.3 is 14.9 Å². The lowest BCUT2D eigenvalue weighted by molar-refractivity contribution is -0.148. The van der Waals surface area contributed by atoms with Crippen LogP contribution in [0, 0.1) is 0 Å². The fraction of sp³-hybridized carbons (Fsp3) is 0.167. The van der Waals surface area contributed by atoms with Crippen molar-refractivity contribution < 1.29 is 19.7 Å². The highest BCUT2D eigenvalue weighted by Gasteiger charge is 2.13. The van der Waals surface area contributed by atoms with Gasteiger partial charge in [0, 0.05) is 5.39 Å². The Hall–Kier alpha value is -1.85. The standard InChI is InChI=1S/C12H10ClNO4/c13-11-4-1-7-5-8(2-3-9(7)14-11)18-6-10(15)12(16)17/h1-5,10,15H,6H2,(H,16,17)/t10-/m1/s1. The first-order valence-corrected chi connectivity index (χ1v) is 5.54. The maximum atomic E-state index is 10.4. The quantitative estimate of drug-likeness (QED) is 0.825. The number of halogens is 1. The molecule has 2 rings (SSSR count). The number of hydrogen-bond donors (Lipinski definition) is 2. The van der Waals surface area contributed by atoms with Gasteiger partial charge in [0.25, 0.3) is 0 Å². The van der Waals surface area contributed by atoms with Crippen LogP contribution in [0.2, 0.25) is 5.15 Å². The molecule has 0 aliphatic rings. The number of fused-ring (bicyclic) bond motifs is 1. The number of aliphatic hydroxyl groups is 1. The third-order valence-corrected chi connectivity index (χ3v) is 2.53. The highest BCUT2D eigenvalue weighted by Crippen LogP contribution is 2.21. The first kappa shape index (κ1) is 12.6. The Morgan fingerprint density at radius 2 is 2.17 bits per heavy atom. The molecule has 0 aliphatic carbocycles. The van der Waals surface area contributed by atoms with Crippen LogP contribution < -0.4 is 4.74 Å². The number of aliphatic carboxylic acids is 1. The molecule has 0 bridgehead atoms. The maximum Gasteiger partial charge on any atom is 0.336 e. The van der Waals surface area contributed by atoms with Gasteiger partial charge in [-0.3, -0.25) is 0 Å². The molecule has 0 saturated heterocycles. The normalized spacial score (nSPS) is 12.3. The maximum absolute atomic E-state index is 10.4. The van der Waals surface area contributed by atoms with Crippen molar-refractivity contribution in [3.63, 3.8) is 0 Å². The van der Waals surface area contributed by atoms with Crippen LogP contribution in [0.25, 0.3) is 10.9 Å². The summed E-state index contributed by atoms with van der Waals surface area (Å²) in [5.41, 5.74) is 0.716. The summed E-state index contributed by atoms with van der Waals surface area (Å²) in [7, 11) is 0. The van der Waals surface area contributed by atoms with Gasteiger partial charge in [-0.15, -0.1) is 0 Å². The summed E-state index contributed by atoms with van der Waals surface area (Å²) in [4.78, 5) is 14.5. The first-order chi connectivity index (χ1) is 8.56. The average Bonchev–Trinajstić information content (AvgIpc) is 2.35. The Morgan fingerprint density at radius 3 is 2.89 bits per heavy atom. The monoisotopic (exact) mass is 267 g/mol. The predicted molar refractivity (Wildman–Crippen MR) is 65.9 cm³/mol. The highest BCUT2D eigenvalue weighted by molar-refractivity contribution is 6.29. The molecule has 0 radical (unpaired) electrons. The molecule has 0 unspecified atom stereocenters. The van der Waals surface area contributed by atoms with Gasteiger partial charge in [-0.1, -0.05) is 11.6 Å². The lowest BCUT2D eigenvalue weighted by atomic mass is 10.2. The molecule has 0 saturated carbocycles. The minimum atomic E-state index is -1.54. The molecule has 6 heteroatoms.